The van der Waals surface area contributed by atoms with E-state index in [1.54, 1.807) is 0 Å². The fourth-order valence-corrected chi connectivity index (χ4v) is 1.57. The zero-order chi connectivity index (χ0) is 10.1. The van der Waals surface area contributed by atoms with Crippen molar-refractivity contribution in [3.8, 4) is 0 Å². The maximum Gasteiger partial charge on any atom is 0.229 e. The summed E-state index contributed by atoms with van der Waals surface area (Å²) in [6, 6.07) is 0. The maximum absolute atomic E-state index is 10.8. The normalized spacial score (nSPS) is 11.3. The number of halogens is 2. The van der Waals surface area contributed by atoms with Gasteiger partial charge in [-0.2, -0.15) is 0 Å². The second kappa shape index (κ2) is 3.65. The number of rotatable bonds is 2. The molecule has 0 amide bonds. The maximum atomic E-state index is 10.8. The molecule has 8 heteroatoms. The van der Waals surface area contributed by atoms with E-state index in [0.29, 0.717) is 0 Å². The smallest absolute Gasteiger partial charge is 0.229 e. The highest BCUT2D eigenvalue weighted by Gasteiger charge is 2.07. The van der Waals surface area contributed by atoms with Gasteiger partial charge in [-0.05, 0) is 11.6 Å². The fraction of sp³-hybridized carbons (Fsp3) is 0.200. The summed E-state index contributed by atoms with van der Waals surface area (Å²) in [5, 5.41) is -0.0746. The van der Waals surface area contributed by atoms with E-state index in [4.69, 9.17) is 23.2 Å². The van der Waals surface area contributed by atoms with Crippen LogP contribution in [0.4, 0.5) is 5.69 Å². The number of sulfonamides is 1. The van der Waals surface area contributed by atoms with Crippen LogP contribution in [-0.4, -0.2) is 24.6 Å². The first-order valence-corrected chi connectivity index (χ1v) is 5.69. The Bertz CT molecular complexity index is 420. The van der Waals surface area contributed by atoms with E-state index < -0.39 is 10.0 Å². The molecule has 0 saturated heterocycles. The zero-order valence-corrected chi connectivity index (χ0v) is 8.78. The van der Waals surface area contributed by atoms with E-state index in [-0.39, 0.29) is 16.1 Å². The van der Waals surface area contributed by atoms with Gasteiger partial charge in [-0.1, -0.05) is 11.6 Å². The van der Waals surface area contributed by atoms with Crippen LogP contribution in [0.2, 0.25) is 10.4 Å². The summed E-state index contributed by atoms with van der Waals surface area (Å²) in [4.78, 5) is 7.12. The molecular weight excluding hydrogens is 237 g/mol. The van der Waals surface area contributed by atoms with Crippen LogP contribution in [0.15, 0.2) is 6.20 Å². The van der Waals surface area contributed by atoms with Gasteiger partial charge in [0.25, 0.3) is 0 Å². The van der Waals surface area contributed by atoms with Gasteiger partial charge in [0.15, 0.2) is 5.15 Å². The SMILES string of the molecule is CS(=O)(=O)Nc1cnc(Cl)nc1Cl. The quantitative estimate of drug-likeness (QED) is 0.623. The first kappa shape index (κ1) is 10.5. The van der Waals surface area contributed by atoms with Crippen LogP contribution < -0.4 is 4.72 Å². The largest absolute Gasteiger partial charge is 0.279 e. The average Bonchev–Trinajstić information content (AvgIpc) is 1.93. The Morgan fingerprint density at radius 2 is 2.08 bits per heavy atom. The molecule has 0 aromatic carbocycles. The first-order valence-electron chi connectivity index (χ1n) is 3.04. The molecule has 0 radical (unpaired) electrons. The molecule has 1 heterocycles. The van der Waals surface area contributed by atoms with Gasteiger partial charge in [-0.15, -0.1) is 0 Å². The summed E-state index contributed by atoms with van der Waals surface area (Å²) in [6.07, 6.45) is 2.19. The Morgan fingerprint density at radius 3 is 2.54 bits per heavy atom. The summed E-state index contributed by atoms with van der Waals surface area (Å²) >= 11 is 11.0. The molecule has 0 atom stereocenters. The second-order valence-electron chi connectivity index (χ2n) is 2.22. The molecule has 1 N–H and O–H groups in total. The zero-order valence-electron chi connectivity index (χ0n) is 6.45. The summed E-state index contributed by atoms with van der Waals surface area (Å²) < 4.78 is 23.7. The van der Waals surface area contributed by atoms with Gasteiger partial charge in [0.1, 0.15) is 5.69 Å². The van der Waals surface area contributed by atoms with Crippen LogP contribution in [0.1, 0.15) is 0 Å². The van der Waals surface area contributed by atoms with E-state index >= 15 is 0 Å². The molecule has 0 bridgehead atoms. The summed E-state index contributed by atoms with van der Waals surface area (Å²) in [5.41, 5.74) is 0.105. The van der Waals surface area contributed by atoms with Crippen molar-refractivity contribution in [1.29, 1.82) is 0 Å². The van der Waals surface area contributed by atoms with Crippen LogP contribution in [0, 0.1) is 0 Å². The number of nitrogens with zero attached hydrogens (tertiary/aromatic N) is 2. The van der Waals surface area contributed by atoms with E-state index in [1.807, 2.05) is 0 Å². The van der Waals surface area contributed by atoms with E-state index in [0.717, 1.165) is 6.26 Å². The van der Waals surface area contributed by atoms with Crippen molar-refractivity contribution in [3.63, 3.8) is 0 Å². The number of anilines is 1. The highest BCUT2D eigenvalue weighted by molar-refractivity contribution is 7.92. The molecule has 0 aliphatic carbocycles. The molecule has 13 heavy (non-hydrogen) atoms. The average molecular weight is 242 g/mol. The van der Waals surface area contributed by atoms with Gasteiger partial charge in [0.2, 0.25) is 15.3 Å². The molecule has 0 fully saturated rings. The molecule has 1 rings (SSSR count). The lowest BCUT2D eigenvalue weighted by Gasteiger charge is -2.03. The van der Waals surface area contributed by atoms with Gasteiger partial charge in [0, 0.05) is 0 Å². The first-order chi connectivity index (χ1) is 5.88. The van der Waals surface area contributed by atoms with Crippen LogP contribution in [-0.2, 0) is 10.0 Å². The number of hydrogen-bond donors (Lipinski definition) is 1. The number of hydrogen-bond acceptors (Lipinski definition) is 4. The lowest BCUT2D eigenvalue weighted by Crippen LogP contribution is -2.10. The molecule has 72 valence electrons. The Hall–Kier alpha value is -0.590. The van der Waals surface area contributed by atoms with Crippen LogP contribution >= 0.6 is 23.2 Å². The summed E-state index contributed by atoms with van der Waals surface area (Å²) in [6.45, 7) is 0. The molecule has 1 aromatic rings. The molecule has 0 saturated carbocycles. The van der Waals surface area contributed by atoms with Crippen molar-refractivity contribution >= 4 is 38.9 Å². The van der Waals surface area contributed by atoms with Gasteiger partial charge in [-0.25, -0.2) is 18.4 Å². The lowest BCUT2D eigenvalue weighted by molar-refractivity contribution is 0.606. The minimum atomic E-state index is -3.37. The van der Waals surface area contributed by atoms with Gasteiger partial charge < -0.3 is 0 Å². The molecular formula is C5H5Cl2N3O2S. The molecule has 0 aliphatic rings. The minimum absolute atomic E-state index is 0.0366. The molecule has 5 nitrogen and oxygen atoms in total. The molecule has 0 spiro atoms. The number of aromatic nitrogens is 2. The van der Waals surface area contributed by atoms with Crippen LogP contribution in [0.5, 0.6) is 0 Å². The Labute approximate surface area is 85.2 Å². The molecule has 0 aliphatic heterocycles. The predicted octanol–water partition coefficient (Wildman–Crippen LogP) is 1.15. The summed E-state index contributed by atoms with van der Waals surface area (Å²) in [5.74, 6) is 0. The van der Waals surface area contributed by atoms with Crippen LogP contribution in [0.3, 0.4) is 0 Å². The van der Waals surface area contributed by atoms with Crippen molar-refractivity contribution in [1.82, 2.24) is 9.97 Å². The van der Waals surface area contributed by atoms with Gasteiger partial charge >= 0.3 is 0 Å². The monoisotopic (exact) mass is 241 g/mol. The highest BCUT2D eigenvalue weighted by Crippen LogP contribution is 2.19. The Balaban J connectivity index is 3.04. The van der Waals surface area contributed by atoms with E-state index in [1.165, 1.54) is 6.20 Å². The third kappa shape index (κ3) is 3.33. The molecule has 0 unspecified atom stereocenters. The van der Waals surface area contributed by atoms with Crippen molar-refractivity contribution < 1.29 is 8.42 Å². The predicted molar refractivity (Wildman–Crippen MR) is 50.5 cm³/mol. The third-order valence-corrected chi connectivity index (χ3v) is 2.07. The second-order valence-corrected chi connectivity index (χ2v) is 4.66. The van der Waals surface area contributed by atoms with Crippen molar-refractivity contribution in [2.45, 2.75) is 0 Å². The van der Waals surface area contributed by atoms with Crippen molar-refractivity contribution in [3.05, 3.63) is 16.6 Å². The van der Waals surface area contributed by atoms with Gasteiger partial charge in [-0.3, -0.25) is 4.72 Å². The lowest BCUT2D eigenvalue weighted by atomic mass is 10.6. The Morgan fingerprint density at radius 1 is 1.46 bits per heavy atom. The van der Waals surface area contributed by atoms with Gasteiger partial charge in [0.05, 0.1) is 12.5 Å². The minimum Gasteiger partial charge on any atom is -0.279 e. The van der Waals surface area contributed by atoms with Crippen molar-refractivity contribution in [2.24, 2.45) is 0 Å². The highest BCUT2D eigenvalue weighted by atomic mass is 35.5. The van der Waals surface area contributed by atoms with E-state index in [9.17, 15) is 8.42 Å². The van der Waals surface area contributed by atoms with Crippen LogP contribution in [0.25, 0.3) is 0 Å². The molecule has 1 aromatic heterocycles. The third-order valence-electron chi connectivity index (χ3n) is 1.01. The topological polar surface area (TPSA) is 72.0 Å². The Kier molecular flexibility index (Phi) is 2.94. The number of nitrogens with one attached hydrogen (secondary N) is 1. The standard InChI is InChI=1S/C5H5Cl2N3O2S/c1-13(11,12)10-3-2-8-5(7)9-4(3)6/h2,10H,1H3. The fourth-order valence-electron chi connectivity index (χ4n) is 0.609. The van der Waals surface area contributed by atoms with Crippen molar-refractivity contribution in [2.75, 3.05) is 11.0 Å². The summed E-state index contributed by atoms with van der Waals surface area (Å²) in [7, 11) is -3.37. The van der Waals surface area contributed by atoms with E-state index in [2.05, 4.69) is 14.7 Å².